The molecule has 0 aliphatic heterocycles. The highest BCUT2D eigenvalue weighted by Gasteiger charge is 2.32. The van der Waals surface area contributed by atoms with E-state index in [4.69, 9.17) is 14.2 Å². The van der Waals surface area contributed by atoms with Crippen molar-refractivity contribution in [3.8, 4) is 0 Å². The second-order valence-corrected chi connectivity index (χ2v) is 8.58. The molecule has 24 heavy (non-hydrogen) atoms. The van der Waals surface area contributed by atoms with E-state index in [1.54, 1.807) is 41.5 Å². The van der Waals surface area contributed by atoms with E-state index in [2.05, 4.69) is 5.32 Å². The van der Waals surface area contributed by atoms with Gasteiger partial charge in [-0.25, -0.2) is 9.59 Å². The molecule has 7 nitrogen and oxygen atoms in total. The number of hydrogen-bond donors (Lipinski definition) is 1. The Morgan fingerprint density at radius 1 is 0.875 bits per heavy atom. The molecule has 0 bridgehead atoms. The molecule has 0 aliphatic carbocycles. The van der Waals surface area contributed by atoms with Crippen molar-refractivity contribution in [3.63, 3.8) is 0 Å². The zero-order valence-corrected chi connectivity index (χ0v) is 16.2. The molecule has 0 saturated heterocycles. The maximum Gasteiger partial charge on any atom is 0.408 e. The third kappa shape index (κ3) is 10.2. The van der Waals surface area contributed by atoms with Gasteiger partial charge in [0.25, 0.3) is 0 Å². The molecule has 0 aromatic carbocycles. The summed E-state index contributed by atoms with van der Waals surface area (Å²) < 4.78 is 15.5. The lowest BCUT2D eigenvalue weighted by Crippen LogP contribution is -2.49. The SMILES string of the molecule is CC(C)(C)OCC(NC(=O)OC(C)(C)C)C(=O)OC(=O)C(C)(C)C. The molecule has 0 radical (unpaired) electrons. The minimum absolute atomic E-state index is 0.140. The summed E-state index contributed by atoms with van der Waals surface area (Å²) in [5.74, 6) is -1.57. The molecular weight excluding hydrogens is 314 g/mol. The van der Waals surface area contributed by atoms with E-state index in [0.29, 0.717) is 0 Å². The van der Waals surface area contributed by atoms with E-state index in [1.807, 2.05) is 20.8 Å². The first-order valence-corrected chi connectivity index (χ1v) is 7.91. The molecule has 0 heterocycles. The van der Waals surface area contributed by atoms with Crippen molar-refractivity contribution in [2.75, 3.05) is 6.61 Å². The summed E-state index contributed by atoms with van der Waals surface area (Å²) in [6, 6.07) is -1.15. The molecule has 140 valence electrons. The molecule has 0 fully saturated rings. The van der Waals surface area contributed by atoms with Gasteiger partial charge in [0.05, 0.1) is 17.6 Å². The monoisotopic (exact) mass is 345 g/mol. The molecule has 7 heteroatoms. The largest absolute Gasteiger partial charge is 0.444 e. The first-order chi connectivity index (χ1) is 10.5. The number of rotatable bonds is 4. The average Bonchev–Trinajstić information content (AvgIpc) is 2.29. The van der Waals surface area contributed by atoms with Gasteiger partial charge in [0.15, 0.2) is 6.04 Å². The van der Waals surface area contributed by atoms with E-state index in [9.17, 15) is 14.4 Å². The quantitative estimate of drug-likeness (QED) is 0.622. The summed E-state index contributed by atoms with van der Waals surface area (Å²) in [5, 5.41) is 2.39. The lowest BCUT2D eigenvalue weighted by molar-refractivity contribution is -0.168. The Morgan fingerprint density at radius 3 is 1.75 bits per heavy atom. The summed E-state index contributed by atoms with van der Waals surface area (Å²) in [6.07, 6.45) is -0.787. The van der Waals surface area contributed by atoms with Crippen LogP contribution in [0.15, 0.2) is 0 Å². The van der Waals surface area contributed by atoms with Crippen molar-refractivity contribution in [2.45, 2.75) is 79.6 Å². The fourth-order valence-electron chi connectivity index (χ4n) is 1.27. The Balaban J connectivity index is 5.01. The van der Waals surface area contributed by atoms with Gasteiger partial charge in [-0.05, 0) is 62.3 Å². The molecule has 1 N–H and O–H groups in total. The van der Waals surface area contributed by atoms with Gasteiger partial charge in [-0.2, -0.15) is 0 Å². The Hall–Kier alpha value is -1.63. The topological polar surface area (TPSA) is 90.9 Å². The van der Waals surface area contributed by atoms with Crippen LogP contribution in [0.3, 0.4) is 0 Å². The minimum atomic E-state index is -1.15. The molecule has 1 atom stereocenters. The Kier molecular flexibility index (Phi) is 7.42. The summed E-state index contributed by atoms with van der Waals surface area (Å²) in [5.41, 5.74) is -2.08. The van der Waals surface area contributed by atoms with Gasteiger partial charge in [-0.1, -0.05) is 0 Å². The van der Waals surface area contributed by atoms with Crippen LogP contribution in [0, 0.1) is 5.41 Å². The zero-order valence-electron chi connectivity index (χ0n) is 16.2. The second-order valence-electron chi connectivity index (χ2n) is 8.58. The minimum Gasteiger partial charge on any atom is -0.444 e. The fourth-order valence-corrected chi connectivity index (χ4v) is 1.27. The van der Waals surface area contributed by atoms with Gasteiger partial charge in [-0.3, -0.25) is 4.79 Å². The van der Waals surface area contributed by atoms with E-state index in [0.717, 1.165) is 0 Å². The molecule has 0 aromatic rings. The van der Waals surface area contributed by atoms with Gasteiger partial charge in [-0.15, -0.1) is 0 Å². The lowest BCUT2D eigenvalue weighted by Gasteiger charge is -2.26. The van der Waals surface area contributed by atoms with Crippen LogP contribution in [0.4, 0.5) is 4.79 Å². The molecule has 0 aliphatic rings. The second kappa shape index (κ2) is 7.96. The van der Waals surface area contributed by atoms with Gasteiger partial charge in [0.1, 0.15) is 5.60 Å². The van der Waals surface area contributed by atoms with E-state index in [-0.39, 0.29) is 6.61 Å². The molecular formula is C17H31NO6. The van der Waals surface area contributed by atoms with Gasteiger partial charge >= 0.3 is 18.0 Å². The number of carbonyl (C=O) groups is 3. The van der Waals surface area contributed by atoms with Crippen LogP contribution < -0.4 is 5.32 Å². The van der Waals surface area contributed by atoms with Crippen molar-refractivity contribution in [1.82, 2.24) is 5.32 Å². The predicted molar refractivity (Wildman–Crippen MR) is 89.4 cm³/mol. The molecule has 0 spiro atoms. The van der Waals surface area contributed by atoms with Crippen LogP contribution in [0.25, 0.3) is 0 Å². The van der Waals surface area contributed by atoms with Crippen molar-refractivity contribution in [1.29, 1.82) is 0 Å². The van der Waals surface area contributed by atoms with Crippen LogP contribution in [-0.2, 0) is 23.8 Å². The first kappa shape index (κ1) is 22.4. The van der Waals surface area contributed by atoms with Crippen LogP contribution in [0.1, 0.15) is 62.3 Å². The summed E-state index contributed by atoms with van der Waals surface area (Å²) in [7, 11) is 0. The number of alkyl carbamates (subject to hydrolysis) is 1. The smallest absolute Gasteiger partial charge is 0.408 e. The van der Waals surface area contributed by atoms with Crippen LogP contribution in [-0.4, -0.2) is 41.9 Å². The van der Waals surface area contributed by atoms with Crippen molar-refractivity contribution in [2.24, 2.45) is 5.41 Å². The molecule has 0 saturated carbocycles. The summed E-state index contributed by atoms with van der Waals surface area (Å²) in [4.78, 5) is 36.0. The highest BCUT2D eigenvalue weighted by Crippen LogP contribution is 2.16. The van der Waals surface area contributed by atoms with Crippen LogP contribution in [0.2, 0.25) is 0 Å². The lowest BCUT2D eigenvalue weighted by atomic mass is 9.97. The maximum atomic E-state index is 12.2. The number of carbonyl (C=O) groups excluding carboxylic acids is 3. The summed E-state index contributed by atoms with van der Waals surface area (Å²) in [6.45, 7) is 15.3. The zero-order chi connectivity index (χ0) is 19.3. The first-order valence-electron chi connectivity index (χ1n) is 7.91. The van der Waals surface area contributed by atoms with E-state index in [1.165, 1.54) is 0 Å². The normalized spacial score (nSPS) is 13.9. The Bertz CT molecular complexity index is 465. The number of nitrogens with one attached hydrogen (secondary N) is 1. The molecule has 1 amide bonds. The van der Waals surface area contributed by atoms with Crippen molar-refractivity contribution < 1.29 is 28.6 Å². The van der Waals surface area contributed by atoms with E-state index < -0.39 is 40.7 Å². The third-order valence-corrected chi connectivity index (χ3v) is 2.46. The fraction of sp³-hybridized carbons (Fsp3) is 0.824. The maximum absolute atomic E-state index is 12.2. The van der Waals surface area contributed by atoms with Gasteiger partial charge in [0, 0.05) is 0 Å². The van der Waals surface area contributed by atoms with Gasteiger partial charge < -0.3 is 19.5 Å². The standard InChI is InChI=1S/C17H31NO6/c1-15(2,3)13(20)23-12(19)11(10-22-16(4,5)6)18-14(21)24-17(7,8)9/h11H,10H2,1-9H3,(H,18,21). The number of esters is 2. The Morgan fingerprint density at radius 2 is 1.38 bits per heavy atom. The van der Waals surface area contributed by atoms with Crippen molar-refractivity contribution in [3.05, 3.63) is 0 Å². The number of amides is 1. The predicted octanol–water partition coefficient (Wildman–Crippen LogP) is 2.81. The van der Waals surface area contributed by atoms with Gasteiger partial charge in [0.2, 0.25) is 0 Å². The molecule has 0 aromatic heterocycles. The molecule has 1 unspecified atom stereocenters. The highest BCUT2D eigenvalue weighted by molar-refractivity contribution is 5.92. The average molecular weight is 345 g/mol. The number of hydrogen-bond acceptors (Lipinski definition) is 6. The Labute approximate surface area is 144 Å². The van der Waals surface area contributed by atoms with E-state index >= 15 is 0 Å². The van der Waals surface area contributed by atoms with Crippen molar-refractivity contribution >= 4 is 18.0 Å². The molecule has 0 rings (SSSR count). The van der Waals surface area contributed by atoms with Crippen LogP contribution in [0.5, 0.6) is 0 Å². The highest BCUT2D eigenvalue weighted by atomic mass is 16.6. The van der Waals surface area contributed by atoms with Crippen LogP contribution >= 0.6 is 0 Å². The third-order valence-electron chi connectivity index (χ3n) is 2.46. The number of ether oxygens (including phenoxy) is 3. The summed E-state index contributed by atoms with van der Waals surface area (Å²) >= 11 is 0.